The number of para-hydroxylation sites is 1. The fourth-order valence-electron chi connectivity index (χ4n) is 5.10. The van der Waals surface area contributed by atoms with Gasteiger partial charge in [-0.05, 0) is 66.9 Å². The van der Waals surface area contributed by atoms with E-state index in [2.05, 4.69) is 46.3 Å². The molecule has 6 nitrogen and oxygen atoms in total. The highest BCUT2D eigenvalue weighted by Crippen LogP contribution is 2.32. The minimum absolute atomic E-state index is 0.625. The molecule has 0 fully saturated rings. The molecule has 0 saturated carbocycles. The van der Waals surface area contributed by atoms with Gasteiger partial charge in [0.2, 0.25) is 0 Å². The van der Waals surface area contributed by atoms with Crippen LogP contribution in [-0.4, -0.2) is 19.5 Å². The van der Waals surface area contributed by atoms with Crippen molar-refractivity contribution in [2.75, 3.05) is 0 Å². The van der Waals surface area contributed by atoms with Crippen molar-refractivity contribution >= 4 is 17.0 Å². The van der Waals surface area contributed by atoms with Crippen molar-refractivity contribution in [2.24, 2.45) is 0 Å². The third-order valence-corrected chi connectivity index (χ3v) is 6.95. The van der Waals surface area contributed by atoms with E-state index in [0.717, 1.165) is 57.6 Å². The minimum Gasteiger partial charge on any atom is -0.387 e. The third kappa shape index (κ3) is 4.03. The molecule has 2 aromatic carbocycles. The van der Waals surface area contributed by atoms with Crippen LogP contribution in [0.3, 0.4) is 0 Å². The number of hydrogen-bond donors (Lipinski definition) is 1. The van der Waals surface area contributed by atoms with Crippen molar-refractivity contribution in [3.05, 3.63) is 126 Å². The molecule has 0 atom stereocenters. The van der Waals surface area contributed by atoms with Crippen LogP contribution in [0, 0.1) is 11.3 Å². The van der Waals surface area contributed by atoms with E-state index < -0.39 is 0 Å². The second-order valence-corrected chi connectivity index (χ2v) is 9.32. The molecule has 184 valence electrons. The Hall–Kier alpha value is -5.54. The van der Waals surface area contributed by atoms with E-state index in [1.165, 1.54) is 10.9 Å². The highest BCUT2D eigenvalue weighted by molar-refractivity contribution is 5.90. The topological polar surface area (TPSA) is 79.4 Å². The lowest BCUT2D eigenvalue weighted by atomic mass is 10.1. The second-order valence-electron chi connectivity index (χ2n) is 9.32. The van der Waals surface area contributed by atoms with Gasteiger partial charge in [-0.2, -0.15) is 5.26 Å². The molecule has 0 spiro atoms. The lowest BCUT2D eigenvalue weighted by molar-refractivity contribution is 0.852. The van der Waals surface area contributed by atoms with Crippen LogP contribution in [0.2, 0.25) is 0 Å². The van der Waals surface area contributed by atoms with Crippen LogP contribution in [0.5, 0.6) is 0 Å². The fraction of sp³-hybridized carbons (Fsp3) is 0.0303. The van der Waals surface area contributed by atoms with E-state index in [9.17, 15) is 0 Å². The monoisotopic (exact) mass is 502 g/mol. The molecule has 0 unspecified atom stereocenters. The maximum Gasteiger partial charge on any atom is 0.138 e. The number of aromatic nitrogens is 4. The molecular weight excluding hydrogens is 480 g/mol. The molecule has 0 amide bonds. The molecule has 0 bridgehead atoms. The van der Waals surface area contributed by atoms with Crippen LogP contribution in [0.1, 0.15) is 16.8 Å². The number of fused-ring (bicyclic) bond motifs is 3. The first-order chi connectivity index (χ1) is 19.3. The molecule has 7 rings (SSSR count). The van der Waals surface area contributed by atoms with E-state index in [0.29, 0.717) is 5.56 Å². The van der Waals surface area contributed by atoms with Crippen molar-refractivity contribution in [1.29, 1.82) is 5.26 Å². The Kier molecular flexibility index (Phi) is 5.46. The highest BCUT2D eigenvalue weighted by atomic mass is 15.1. The summed E-state index contributed by atoms with van der Waals surface area (Å²) in [5.41, 5.74) is 9.07. The zero-order chi connectivity index (χ0) is 26.2. The summed E-state index contributed by atoms with van der Waals surface area (Å²) in [7, 11) is 0. The summed E-state index contributed by atoms with van der Waals surface area (Å²) in [5.74, 6) is 0.852. The number of nitriles is 1. The first-order valence-electron chi connectivity index (χ1n) is 12.7. The van der Waals surface area contributed by atoms with Crippen molar-refractivity contribution in [3.63, 3.8) is 0 Å². The number of hydrogen-bond acceptors (Lipinski definition) is 5. The maximum absolute atomic E-state index is 9.10. The normalized spacial score (nSPS) is 12.1. The molecule has 4 aromatic heterocycles. The summed E-state index contributed by atoms with van der Waals surface area (Å²) in [6.07, 6.45) is 4.10. The van der Waals surface area contributed by atoms with Gasteiger partial charge in [-0.25, -0.2) is 15.0 Å². The summed E-state index contributed by atoms with van der Waals surface area (Å²) >= 11 is 0. The van der Waals surface area contributed by atoms with Crippen molar-refractivity contribution in [3.8, 4) is 45.9 Å². The van der Waals surface area contributed by atoms with Crippen molar-refractivity contribution < 1.29 is 0 Å². The van der Waals surface area contributed by atoms with E-state index in [1.54, 1.807) is 12.1 Å². The first kappa shape index (κ1) is 22.6. The molecule has 39 heavy (non-hydrogen) atoms. The van der Waals surface area contributed by atoms with Crippen molar-refractivity contribution in [1.82, 2.24) is 24.8 Å². The lowest BCUT2D eigenvalue weighted by Gasteiger charge is -2.13. The van der Waals surface area contributed by atoms with Crippen LogP contribution in [0.25, 0.3) is 56.8 Å². The van der Waals surface area contributed by atoms with Gasteiger partial charge in [-0.1, -0.05) is 48.5 Å². The number of pyridine rings is 3. The second kappa shape index (κ2) is 9.40. The SMILES string of the molecule is N#Cc1ccc(-c2cccc(-c3cccc(-c4cccc(-n5c6c(c7ccccc75)CNC=C6)n4)n3)n2)cc1. The summed E-state index contributed by atoms with van der Waals surface area (Å²) in [5, 5.41) is 13.7. The van der Waals surface area contributed by atoms with Crippen LogP contribution in [0.15, 0.2) is 109 Å². The zero-order valence-corrected chi connectivity index (χ0v) is 20.9. The number of nitrogens with zero attached hydrogens (tertiary/aromatic N) is 5. The average Bonchev–Trinajstić information content (AvgIpc) is 3.36. The van der Waals surface area contributed by atoms with Gasteiger partial charge in [0.1, 0.15) is 5.82 Å². The molecule has 0 aliphatic carbocycles. The van der Waals surface area contributed by atoms with Crippen LogP contribution in [0.4, 0.5) is 0 Å². The minimum atomic E-state index is 0.625. The van der Waals surface area contributed by atoms with E-state index in [1.807, 2.05) is 72.9 Å². The zero-order valence-electron chi connectivity index (χ0n) is 20.9. The Bertz CT molecular complexity index is 1930. The van der Waals surface area contributed by atoms with Gasteiger partial charge in [0.05, 0.1) is 51.3 Å². The molecule has 6 aromatic rings. The predicted octanol–water partition coefficient (Wildman–Crippen LogP) is 6.76. The largest absolute Gasteiger partial charge is 0.387 e. The van der Waals surface area contributed by atoms with Gasteiger partial charge in [-0.3, -0.25) is 4.57 Å². The predicted molar refractivity (Wildman–Crippen MR) is 154 cm³/mol. The van der Waals surface area contributed by atoms with Gasteiger partial charge in [0.15, 0.2) is 0 Å². The summed E-state index contributed by atoms with van der Waals surface area (Å²) in [6, 6.07) is 35.9. The summed E-state index contributed by atoms with van der Waals surface area (Å²) in [4.78, 5) is 14.9. The molecule has 1 N–H and O–H groups in total. The average molecular weight is 503 g/mol. The van der Waals surface area contributed by atoms with Gasteiger partial charge in [-0.15, -0.1) is 0 Å². The number of nitrogens with one attached hydrogen (secondary N) is 1. The third-order valence-electron chi connectivity index (χ3n) is 6.95. The van der Waals surface area contributed by atoms with E-state index in [-0.39, 0.29) is 0 Å². The van der Waals surface area contributed by atoms with Crippen LogP contribution < -0.4 is 5.32 Å². The Balaban J connectivity index is 1.28. The molecule has 0 saturated heterocycles. The summed E-state index contributed by atoms with van der Waals surface area (Å²) in [6.45, 7) is 0.789. The van der Waals surface area contributed by atoms with Crippen LogP contribution in [-0.2, 0) is 6.54 Å². The summed E-state index contributed by atoms with van der Waals surface area (Å²) < 4.78 is 2.22. The first-order valence-corrected chi connectivity index (χ1v) is 12.7. The highest BCUT2D eigenvalue weighted by Gasteiger charge is 2.19. The Morgan fingerprint density at radius 1 is 0.667 bits per heavy atom. The molecular formula is C33H22N6. The molecule has 5 heterocycles. The lowest BCUT2D eigenvalue weighted by Crippen LogP contribution is -2.11. The standard InChI is InChI=1S/C33H22N6/c34-20-22-14-16-23(17-15-22)26-7-3-8-27(36-26)28-9-4-10-29(37-28)30-11-5-13-33(38-30)39-31-12-2-1-6-24(31)25-21-35-19-18-32(25)39/h1-19,35H,21H2. The fourth-order valence-corrected chi connectivity index (χ4v) is 5.10. The van der Waals surface area contributed by atoms with Gasteiger partial charge >= 0.3 is 0 Å². The van der Waals surface area contributed by atoms with Gasteiger partial charge in [0.25, 0.3) is 0 Å². The van der Waals surface area contributed by atoms with E-state index >= 15 is 0 Å². The van der Waals surface area contributed by atoms with E-state index in [4.69, 9.17) is 20.2 Å². The smallest absolute Gasteiger partial charge is 0.138 e. The number of benzene rings is 2. The van der Waals surface area contributed by atoms with Gasteiger partial charge in [0, 0.05) is 23.1 Å². The quantitative estimate of drug-likeness (QED) is 0.288. The number of rotatable bonds is 4. The van der Waals surface area contributed by atoms with Gasteiger partial charge < -0.3 is 5.32 Å². The molecule has 1 aliphatic heterocycles. The molecule has 1 aliphatic rings. The molecule has 6 heteroatoms. The Labute approximate surface area is 225 Å². The Morgan fingerprint density at radius 3 is 2.05 bits per heavy atom. The van der Waals surface area contributed by atoms with Crippen molar-refractivity contribution in [2.45, 2.75) is 6.54 Å². The van der Waals surface area contributed by atoms with Crippen LogP contribution >= 0.6 is 0 Å². The maximum atomic E-state index is 9.10. The molecule has 0 radical (unpaired) electrons. The Morgan fingerprint density at radius 2 is 1.31 bits per heavy atom.